The van der Waals surface area contributed by atoms with Crippen LogP contribution >= 0.6 is 0 Å². The van der Waals surface area contributed by atoms with Gasteiger partial charge in [-0.25, -0.2) is 19.9 Å². The van der Waals surface area contributed by atoms with Crippen LogP contribution in [0.2, 0.25) is 0 Å². The van der Waals surface area contributed by atoms with Crippen LogP contribution in [0.1, 0.15) is 23.0 Å². The van der Waals surface area contributed by atoms with Crippen LogP contribution in [-0.4, -0.2) is 50.3 Å². The number of hydrogen-bond acceptors (Lipinski definition) is 7. The van der Waals surface area contributed by atoms with Gasteiger partial charge in [-0.05, 0) is 213 Å². The molecule has 31 rings (SSSR count). The molecule has 11 heteroatoms. The van der Waals surface area contributed by atoms with Crippen LogP contribution in [0.3, 0.4) is 0 Å². The normalized spacial score (nSPS) is 14.9. The van der Waals surface area contributed by atoms with Gasteiger partial charge in [-0.15, -0.1) is 0 Å². The predicted molar refractivity (Wildman–Crippen MR) is 610 cm³/mol. The van der Waals surface area contributed by atoms with Gasteiger partial charge in [0, 0.05) is 116 Å². The smallest absolute Gasteiger partial charge is 0.231 e. The van der Waals surface area contributed by atoms with E-state index in [9.17, 15) is 0 Å². The van der Waals surface area contributed by atoms with Crippen molar-refractivity contribution in [2.45, 2.75) is 23.9 Å². The Bertz CT molecular complexity index is 10100. The van der Waals surface area contributed by atoms with Crippen molar-refractivity contribution in [1.29, 1.82) is 0 Å². The minimum absolute atomic E-state index is 0.0704. The van der Waals surface area contributed by atoms with E-state index in [1.807, 2.05) is 18.2 Å². The number of hydrogen-bond donors (Lipinski definition) is 0. The Morgan fingerprint density at radius 3 is 0.918 bits per heavy atom. The van der Waals surface area contributed by atoms with Crippen molar-refractivity contribution in [1.82, 2.24) is 38.2 Å². The van der Waals surface area contributed by atoms with E-state index >= 15 is 0 Å². The number of fused-ring (bicyclic) bond motifs is 23. The number of anilines is 4. The van der Waals surface area contributed by atoms with Gasteiger partial charge in [0.15, 0.2) is 5.58 Å². The average Bonchev–Trinajstić information content (AvgIpc) is 1.56. The van der Waals surface area contributed by atoms with Crippen LogP contribution in [0.15, 0.2) is 526 Å². The summed E-state index contributed by atoms with van der Waals surface area (Å²) >= 11 is 0. The first-order valence-corrected chi connectivity index (χ1v) is 50.5. The van der Waals surface area contributed by atoms with Crippen molar-refractivity contribution in [2.75, 3.05) is 9.80 Å². The van der Waals surface area contributed by atoms with Crippen LogP contribution in [0.25, 0.3) is 221 Å². The van der Waals surface area contributed by atoms with Gasteiger partial charge in [0.2, 0.25) is 11.9 Å². The molecule has 0 N–H and O–H groups in total. The minimum atomic E-state index is 0.0704. The van der Waals surface area contributed by atoms with Crippen molar-refractivity contribution in [3.63, 3.8) is 0 Å². The summed E-state index contributed by atoms with van der Waals surface area (Å²) in [5, 5.41) is 14.4. The summed E-state index contributed by atoms with van der Waals surface area (Å²) in [6.45, 7) is 0. The van der Waals surface area contributed by atoms with E-state index in [1.165, 1.54) is 154 Å². The molecule has 0 spiro atoms. The quantitative estimate of drug-likeness (QED) is 0.120. The van der Waals surface area contributed by atoms with Gasteiger partial charge in [0.25, 0.3) is 0 Å². The van der Waals surface area contributed by atoms with E-state index in [2.05, 4.69) is 532 Å². The second-order valence-corrected chi connectivity index (χ2v) is 38.5. The highest BCUT2D eigenvalue weighted by Crippen LogP contribution is 2.53. The van der Waals surface area contributed by atoms with Crippen LogP contribution < -0.4 is 9.80 Å². The molecule has 4 aliphatic rings. The van der Waals surface area contributed by atoms with Crippen LogP contribution in [-0.2, 0) is 0 Å². The number of furan rings is 1. The summed E-state index contributed by atoms with van der Waals surface area (Å²) in [6, 6.07) is 169. The molecule has 0 bridgehead atoms. The molecule has 7 aromatic heterocycles. The molecule has 2 aliphatic carbocycles. The molecule has 0 saturated heterocycles. The lowest BCUT2D eigenvalue weighted by Gasteiger charge is -2.27. The molecule has 9 heterocycles. The Hall–Kier alpha value is -19.4. The first-order chi connectivity index (χ1) is 72.9. The number of aromatic nitrogens is 8. The lowest BCUT2D eigenvalue weighted by molar-refractivity contribution is 0.666. The summed E-state index contributed by atoms with van der Waals surface area (Å²) in [5.74, 6) is 1.82. The first kappa shape index (κ1) is 84.5. The first-order valence-electron chi connectivity index (χ1n) is 50.5. The zero-order valence-electron chi connectivity index (χ0n) is 79.8. The van der Waals surface area contributed by atoms with Gasteiger partial charge in [0.1, 0.15) is 5.58 Å². The third kappa shape index (κ3) is 14.1. The van der Waals surface area contributed by atoms with Crippen molar-refractivity contribution in [2.24, 2.45) is 0 Å². The monoisotopic (exact) mass is 1880 g/mol. The molecule has 690 valence electrons. The van der Waals surface area contributed by atoms with E-state index in [0.29, 0.717) is 5.95 Å². The molecular formula is C136H90N10O. The molecule has 4 unspecified atom stereocenters. The molecule has 4 atom stereocenters. The maximum atomic E-state index is 6.49. The maximum absolute atomic E-state index is 6.49. The number of allylic oxidation sites excluding steroid dienone is 4. The van der Waals surface area contributed by atoms with Gasteiger partial charge in [-0.2, -0.15) is 0 Å². The van der Waals surface area contributed by atoms with Crippen molar-refractivity contribution < 1.29 is 4.42 Å². The maximum Gasteiger partial charge on any atom is 0.231 e. The second kappa shape index (κ2) is 34.8. The Morgan fingerprint density at radius 1 is 0.190 bits per heavy atom. The van der Waals surface area contributed by atoms with E-state index in [4.69, 9.17) is 24.4 Å². The van der Waals surface area contributed by atoms with Crippen molar-refractivity contribution >= 4 is 154 Å². The fourth-order valence-electron chi connectivity index (χ4n) is 23.7. The molecule has 147 heavy (non-hydrogen) atoms. The fraction of sp³-hybridized carbons (Fsp3) is 0.0294. The van der Waals surface area contributed by atoms with E-state index < -0.39 is 0 Å². The van der Waals surface area contributed by atoms with Crippen LogP contribution in [0, 0.1) is 0 Å². The van der Waals surface area contributed by atoms with Gasteiger partial charge < -0.3 is 32.5 Å². The summed E-state index contributed by atoms with van der Waals surface area (Å²) in [5.41, 5.74) is 36.4. The molecule has 11 nitrogen and oxygen atoms in total. The zero-order chi connectivity index (χ0) is 96.7. The second-order valence-electron chi connectivity index (χ2n) is 38.5. The Morgan fingerprint density at radius 2 is 0.490 bits per heavy atom. The summed E-state index contributed by atoms with van der Waals surface area (Å²) < 4.78 is 15.9. The topological polar surface area (TPSA) is 90.9 Å². The van der Waals surface area contributed by atoms with Gasteiger partial charge in [0.05, 0.1) is 84.3 Å². The Balaban J connectivity index is 0.000000105. The molecular weight excluding hydrogens is 1790 g/mol. The molecule has 0 amide bonds. The summed E-state index contributed by atoms with van der Waals surface area (Å²) in [4.78, 5) is 25.7. The molecule has 27 aromatic rings. The summed E-state index contributed by atoms with van der Waals surface area (Å²) in [7, 11) is 0. The number of rotatable bonds is 12. The SMILES string of the molecule is C1=CC2c3cc(-c4ccc5c(c4)c4ccccc4n5-c4ccccc4)ccc3N(c3nc(-c4ccc(-c5ccccc5)cc4)c4ccccc4n3)C2C=C1.C1=CC2c3cc(-c4ccc5c(c4)c4ccccc4n5-c4ccccc4)ccc3N(c3nc(-c4ccccc4)c4ccccc4n3)C2C=C1.c1ccc(-n2c3ccccc3c3cc(-c4ccc5c(c4)c4ccccc4n5-c4cccc5c4oc4ccccc45)ccc32)cc1. The third-order valence-electron chi connectivity index (χ3n) is 30.4. The molecule has 0 radical (unpaired) electrons. The van der Waals surface area contributed by atoms with Gasteiger partial charge in [-0.1, -0.05) is 364 Å². The molecule has 2 aliphatic heterocycles. The fourth-order valence-corrected chi connectivity index (χ4v) is 23.7. The van der Waals surface area contributed by atoms with Crippen LogP contribution in [0.4, 0.5) is 23.3 Å². The third-order valence-corrected chi connectivity index (χ3v) is 30.4. The Kier molecular flexibility index (Phi) is 20.0. The zero-order valence-corrected chi connectivity index (χ0v) is 79.8. The highest BCUT2D eigenvalue weighted by atomic mass is 16.3. The summed E-state index contributed by atoms with van der Waals surface area (Å²) in [6.07, 6.45) is 17.9. The van der Waals surface area contributed by atoms with E-state index in [0.717, 1.165) is 94.8 Å². The standard InChI is InChI=1S/C50H34N4.C44H30N4.C42H26N2O/c1-3-13-33(14-4-1)34-23-25-35(26-24-34)49-41-19-7-10-20-44(41)51-50(52-49)54-46-22-12-9-18-40(46)43-32-37(28-30-48(43)54)36-27-29-47-42(31-36)39-17-8-11-21-45(39)53(47)38-15-5-2-6-16-38;1-3-13-29(14-4-1)43-35-19-7-10-20-38(35)45-44(46-43)48-40-22-12-9-18-34(40)37-28-31(24-26-42(37)48)30-23-25-41-36(27-30)33-17-8-11-21-39(33)47(41)32-15-5-2-6-16-32;1-2-11-29(12-3-1)43-36-17-7-4-13-30(36)34-25-27(21-23-38(34)43)28-22-24-39-35(26-28)31-14-5-8-18-37(31)44(39)40-19-10-16-33-32-15-6-9-20-41(32)45-42(33)40/h1-32,40,46H;1-28,34,40H;1-26H. The van der Waals surface area contributed by atoms with Gasteiger partial charge >= 0.3 is 0 Å². The van der Waals surface area contributed by atoms with Crippen LogP contribution in [0.5, 0.6) is 0 Å². The molecule has 0 fully saturated rings. The minimum Gasteiger partial charge on any atom is -0.454 e. The Labute approximate surface area is 847 Å². The highest BCUT2D eigenvalue weighted by Gasteiger charge is 2.42. The number of para-hydroxylation sites is 11. The van der Waals surface area contributed by atoms with E-state index in [-0.39, 0.29) is 23.9 Å². The lowest BCUT2D eigenvalue weighted by atomic mass is 9.89. The highest BCUT2D eigenvalue weighted by molar-refractivity contribution is 6.17. The lowest BCUT2D eigenvalue weighted by Crippen LogP contribution is -2.30. The molecule has 0 saturated carbocycles. The van der Waals surface area contributed by atoms with E-state index in [1.54, 1.807) is 0 Å². The number of nitrogens with zero attached hydrogens (tertiary/aromatic N) is 10. The average molecular weight is 1880 g/mol. The van der Waals surface area contributed by atoms with Crippen molar-refractivity contribution in [3.8, 4) is 89.8 Å². The van der Waals surface area contributed by atoms with Crippen molar-refractivity contribution in [3.05, 3.63) is 533 Å². The van der Waals surface area contributed by atoms with Gasteiger partial charge in [-0.3, -0.25) is 0 Å². The largest absolute Gasteiger partial charge is 0.454 e. The predicted octanol–water partition coefficient (Wildman–Crippen LogP) is 34.7. The molecule has 20 aromatic carbocycles. The number of benzene rings is 20.